The molecule has 0 saturated heterocycles. The second kappa shape index (κ2) is 9.02. The molecule has 0 aliphatic heterocycles. The van der Waals surface area contributed by atoms with Gasteiger partial charge in [-0.05, 0) is 66.6 Å². The van der Waals surface area contributed by atoms with Gasteiger partial charge in [0, 0.05) is 13.5 Å². The highest BCUT2D eigenvalue weighted by molar-refractivity contribution is 5.84. The van der Waals surface area contributed by atoms with E-state index in [-0.39, 0.29) is 34.4 Å². The minimum atomic E-state index is -0.885. The minimum absolute atomic E-state index is 0.0173. The first kappa shape index (κ1) is 23.9. The molecular weight excluding hydrogens is 480 g/mol. The predicted molar refractivity (Wildman–Crippen MR) is 136 cm³/mol. The smallest absolute Gasteiger partial charge is 0.341 e. The SMILES string of the molecule is Cc1ccccc1Cc1c(O)c2c(=O)n(-c3ccc(F)cc3)c(=O)n(-c3ccc(F)cc3)c2n(C)c1=O. The van der Waals surface area contributed by atoms with Gasteiger partial charge < -0.3 is 5.11 Å². The Balaban J connectivity index is 1.95. The summed E-state index contributed by atoms with van der Waals surface area (Å²) in [4.78, 5) is 40.9. The second-order valence-corrected chi connectivity index (χ2v) is 8.70. The summed E-state index contributed by atoms with van der Waals surface area (Å²) in [5.74, 6) is -1.68. The molecule has 186 valence electrons. The third kappa shape index (κ3) is 3.94. The Morgan fingerprint density at radius 1 is 0.757 bits per heavy atom. The van der Waals surface area contributed by atoms with E-state index in [0.29, 0.717) is 0 Å². The maximum atomic E-state index is 13.7. The van der Waals surface area contributed by atoms with E-state index in [1.54, 1.807) is 6.07 Å². The van der Waals surface area contributed by atoms with Crippen molar-refractivity contribution < 1.29 is 13.9 Å². The summed E-state index contributed by atoms with van der Waals surface area (Å²) in [6.07, 6.45) is 0.0484. The van der Waals surface area contributed by atoms with Crippen LogP contribution in [0.2, 0.25) is 0 Å². The summed E-state index contributed by atoms with van der Waals surface area (Å²) in [5, 5.41) is 11.1. The van der Waals surface area contributed by atoms with Crippen LogP contribution < -0.4 is 16.8 Å². The Labute approximate surface area is 208 Å². The molecule has 0 spiro atoms. The van der Waals surface area contributed by atoms with Crippen molar-refractivity contribution in [1.82, 2.24) is 13.7 Å². The fourth-order valence-corrected chi connectivity index (χ4v) is 4.47. The number of halogens is 2. The van der Waals surface area contributed by atoms with Crippen LogP contribution in [0.3, 0.4) is 0 Å². The van der Waals surface area contributed by atoms with Crippen molar-refractivity contribution in [3.05, 3.63) is 132 Å². The highest BCUT2D eigenvalue weighted by atomic mass is 19.1. The number of aromatic nitrogens is 3. The van der Waals surface area contributed by atoms with E-state index in [4.69, 9.17) is 0 Å². The summed E-state index contributed by atoms with van der Waals surface area (Å²) >= 11 is 0. The molecule has 2 heterocycles. The minimum Gasteiger partial charge on any atom is -0.506 e. The Hall–Kier alpha value is -4.79. The molecule has 0 saturated carbocycles. The fraction of sp³-hybridized carbons (Fsp3) is 0.107. The molecule has 0 unspecified atom stereocenters. The third-order valence-electron chi connectivity index (χ3n) is 6.44. The van der Waals surface area contributed by atoms with Crippen molar-refractivity contribution in [2.24, 2.45) is 7.05 Å². The van der Waals surface area contributed by atoms with Crippen LogP contribution in [-0.2, 0) is 13.5 Å². The number of hydrogen-bond acceptors (Lipinski definition) is 4. The molecule has 3 aromatic carbocycles. The monoisotopic (exact) mass is 501 g/mol. The van der Waals surface area contributed by atoms with Gasteiger partial charge in [-0.2, -0.15) is 0 Å². The number of rotatable bonds is 4. The molecule has 0 aliphatic rings. The molecule has 2 aromatic heterocycles. The lowest BCUT2D eigenvalue weighted by Gasteiger charge is -2.19. The third-order valence-corrected chi connectivity index (χ3v) is 6.44. The number of fused-ring (bicyclic) bond motifs is 1. The molecule has 0 bridgehead atoms. The zero-order valence-corrected chi connectivity index (χ0v) is 19.9. The van der Waals surface area contributed by atoms with Crippen LogP contribution in [0.25, 0.3) is 22.4 Å². The number of pyridine rings is 1. The lowest BCUT2D eigenvalue weighted by molar-refractivity contribution is 0.471. The molecule has 0 radical (unpaired) electrons. The van der Waals surface area contributed by atoms with Gasteiger partial charge in [-0.3, -0.25) is 14.2 Å². The van der Waals surface area contributed by atoms with E-state index in [1.807, 2.05) is 25.1 Å². The summed E-state index contributed by atoms with van der Waals surface area (Å²) in [5.41, 5.74) is -0.643. The molecular formula is C28H21F2N3O4. The Morgan fingerprint density at radius 3 is 1.86 bits per heavy atom. The molecule has 37 heavy (non-hydrogen) atoms. The summed E-state index contributed by atoms with van der Waals surface area (Å²) in [7, 11) is 1.40. The first-order valence-electron chi connectivity index (χ1n) is 11.4. The van der Waals surface area contributed by atoms with Crippen LogP contribution in [0, 0.1) is 18.6 Å². The van der Waals surface area contributed by atoms with Gasteiger partial charge in [-0.15, -0.1) is 0 Å². The predicted octanol–water partition coefficient (Wildman–Crippen LogP) is 3.72. The van der Waals surface area contributed by atoms with Crippen LogP contribution in [0.1, 0.15) is 16.7 Å². The molecule has 7 nitrogen and oxygen atoms in total. The molecule has 0 aliphatic carbocycles. The standard InChI is InChI=1S/C28H21F2N3O4/c1-16-5-3-4-6-17(16)15-22-24(34)23-25(31(2)26(22)35)32(20-11-7-18(29)8-12-20)28(37)33(27(23)36)21-13-9-19(30)10-14-21/h3-14,34H,15H2,1-2H3. The first-order valence-corrected chi connectivity index (χ1v) is 11.4. The van der Waals surface area contributed by atoms with Crippen molar-refractivity contribution >= 4 is 11.0 Å². The van der Waals surface area contributed by atoms with E-state index in [0.717, 1.165) is 49.1 Å². The van der Waals surface area contributed by atoms with Crippen molar-refractivity contribution in [3.63, 3.8) is 0 Å². The van der Waals surface area contributed by atoms with Gasteiger partial charge in [0.25, 0.3) is 11.1 Å². The quantitative estimate of drug-likeness (QED) is 0.407. The topological polar surface area (TPSA) is 86.2 Å². The average Bonchev–Trinajstić information content (AvgIpc) is 2.88. The lowest BCUT2D eigenvalue weighted by Crippen LogP contribution is -2.41. The van der Waals surface area contributed by atoms with Gasteiger partial charge in [-0.25, -0.2) is 22.7 Å². The van der Waals surface area contributed by atoms with Gasteiger partial charge in [0.1, 0.15) is 28.4 Å². The van der Waals surface area contributed by atoms with Gasteiger partial charge in [0.05, 0.1) is 16.9 Å². The largest absolute Gasteiger partial charge is 0.506 e. The van der Waals surface area contributed by atoms with Crippen LogP contribution in [0.5, 0.6) is 5.75 Å². The maximum Gasteiger partial charge on any atom is 0.341 e. The van der Waals surface area contributed by atoms with E-state index >= 15 is 0 Å². The summed E-state index contributed by atoms with van der Waals surface area (Å²) < 4.78 is 30.3. The van der Waals surface area contributed by atoms with Gasteiger partial charge in [-0.1, -0.05) is 24.3 Å². The number of aryl methyl sites for hydroxylation is 2. The van der Waals surface area contributed by atoms with Gasteiger partial charge in [0.15, 0.2) is 0 Å². The molecule has 0 atom stereocenters. The molecule has 5 rings (SSSR count). The van der Waals surface area contributed by atoms with Crippen LogP contribution >= 0.6 is 0 Å². The van der Waals surface area contributed by atoms with E-state index in [2.05, 4.69) is 0 Å². The molecule has 1 N–H and O–H groups in total. The Kier molecular flexibility index (Phi) is 5.83. The van der Waals surface area contributed by atoms with Crippen LogP contribution in [-0.4, -0.2) is 18.8 Å². The summed E-state index contributed by atoms with van der Waals surface area (Å²) in [6.45, 7) is 1.87. The Bertz CT molecular complexity index is 1850. The first-order chi connectivity index (χ1) is 17.7. The zero-order valence-electron chi connectivity index (χ0n) is 19.9. The summed E-state index contributed by atoms with van der Waals surface area (Å²) in [6, 6.07) is 16.9. The molecule has 0 amide bonds. The van der Waals surface area contributed by atoms with E-state index < -0.39 is 34.2 Å². The zero-order chi connectivity index (χ0) is 26.4. The number of nitrogens with zero attached hydrogens (tertiary/aromatic N) is 3. The van der Waals surface area contributed by atoms with Crippen molar-refractivity contribution in [2.45, 2.75) is 13.3 Å². The van der Waals surface area contributed by atoms with Crippen molar-refractivity contribution in [1.29, 1.82) is 0 Å². The number of hydrogen-bond donors (Lipinski definition) is 1. The van der Waals surface area contributed by atoms with Crippen LogP contribution in [0.15, 0.2) is 87.2 Å². The van der Waals surface area contributed by atoms with Gasteiger partial charge >= 0.3 is 5.69 Å². The fourth-order valence-electron chi connectivity index (χ4n) is 4.47. The average molecular weight is 501 g/mol. The van der Waals surface area contributed by atoms with Crippen molar-refractivity contribution in [3.8, 4) is 17.1 Å². The molecule has 0 fully saturated rings. The lowest BCUT2D eigenvalue weighted by atomic mass is 10.00. The van der Waals surface area contributed by atoms with E-state index in [9.17, 15) is 28.3 Å². The Morgan fingerprint density at radius 2 is 1.30 bits per heavy atom. The van der Waals surface area contributed by atoms with Gasteiger partial charge in [0.2, 0.25) is 0 Å². The number of benzene rings is 3. The highest BCUT2D eigenvalue weighted by Gasteiger charge is 2.25. The van der Waals surface area contributed by atoms with Crippen LogP contribution in [0.4, 0.5) is 8.78 Å². The van der Waals surface area contributed by atoms with E-state index in [1.165, 1.54) is 31.3 Å². The highest BCUT2D eigenvalue weighted by Crippen LogP contribution is 2.27. The number of aromatic hydroxyl groups is 1. The molecule has 5 aromatic rings. The molecule has 9 heteroatoms. The maximum absolute atomic E-state index is 13.7. The normalized spacial score (nSPS) is 11.2. The van der Waals surface area contributed by atoms with Crippen molar-refractivity contribution in [2.75, 3.05) is 0 Å². The second-order valence-electron chi connectivity index (χ2n) is 8.70.